The maximum Gasteiger partial charge on any atom is 0.431 e. The fourth-order valence-electron chi connectivity index (χ4n) is 4.91. The molecule has 2 atom stereocenters. The van der Waals surface area contributed by atoms with Gasteiger partial charge in [0.25, 0.3) is 0 Å². The van der Waals surface area contributed by atoms with Gasteiger partial charge in [0.2, 0.25) is 17.7 Å². The summed E-state index contributed by atoms with van der Waals surface area (Å²) in [4.78, 5) is 66.8. The zero-order valence-electron chi connectivity index (χ0n) is 29.4. The van der Waals surface area contributed by atoms with Gasteiger partial charge in [0, 0.05) is 38.5 Å². The molecule has 0 unspecified atom stereocenters. The van der Waals surface area contributed by atoms with Gasteiger partial charge in [-0.2, -0.15) is 5.48 Å². The number of rotatable bonds is 23. The van der Waals surface area contributed by atoms with Crippen LogP contribution in [0.5, 0.6) is 0 Å². The fourth-order valence-corrected chi connectivity index (χ4v) is 4.91. The Hall–Kier alpha value is -5.47. The van der Waals surface area contributed by atoms with Gasteiger partial charge in [-0.25, -0.2) is 9.59 Å². The molecule has 3 rings (SSSR count). The Morgan fingerprint density at radius 3 is 1.79 bits per heavy atom. The van der Waals surface area contributed by atoms with Gasteiger partial charge >= 0.3 is 12.2 Å². The number of nitrogens with one attached hydrogen (secondary N) is 5. The van der Waals surface area contributed by atoms with Crippen LogP contribution in [0.2, 0.25) is 0 Å². The van der Waals surface area contributed by atoms with E-state index >= 15 is 0 Å². The minimum Gasteiger partial charge on any atom is -0.445 e. The van der Waals surface area contributed by atoms with Crippen molar-refractivity contribution in [1.82, 2.24) is 26.7 Å². The van der Waals surface area contributed by atoms with Gasteiger partial charge in [0.05, 0.1) is 12.6 Å². The number of carbonyl (C=O) groups excluding carboxylic acids is 5. The van der Waals surface area contributed by atoms with Gasteiger partial charge in [-0.15, -0.1) is 0 Å². The maximum absolute atomic E-state index is 12.7. The molecule has 7 N–H and O–H groups in total. The Labute approximate surface area is 304 Å². The number of aryl methyl sites for hydroxylation is 1. The Kier molecular flexibility index (Phi) is 19.4. The lowest BCUT2D eigenvalue weighted by Crippen LogP contribution is -2.43. The summed E-state index contributed by atoms with van der Waals surface area (Å²) in [5.41, 5.74) is 10.9. The number of hydrogen-bond donors (Lipinski definition) is 6. The van der Waals surface area contributed by atoms with E-state index in [4.69, 9.17) is 20.0 Å². The largest absolute Gasteiger partial charge is 0.445 e. The van der Waals surface area contributed by atoms with Gasteiger partial charge in [-0.3, -0.25) is 19.2 Å². The Balaban J connectivity index is 1.32. The first-order valence-corrected chi connectivity index (χ1v) is 17.4. The zero-order chi connectivity index (χ0) is 37.2. The van der Waals surface area contributed by atoms with Crippen LogP contribution < -0.4 is 32.5 Å². The van der Waals surface area contributed by atoms with Crippen molar-refractivity contribution in [2.24, 2.45) is 5.73 Å². The average Bonchev–Trinajstić information content (AvgIpc) is 3.16. The molecule has 3 aromatic rings. The summed E-state index contributed by atoms with van der Waals surface area (Å²) in [6.07, 6.45) is 1.11. The standard InChI is InChI=1S/C38H50N6O8/c39-33(19-11-25-52-44-38(49)51-28-31-16-8-3-9-17-31)36(47)42-22-10-18-32(43-37(48)50-27-30-14-6-2-7-15-30)26-35(46)41-24-23-40-34(45)21-20-29-12-4-1-5-13-29/h1-9,12-17,32-33H,10-11,18-28,39H2,(H,40,45)(H,41,46)(H,42,47)(H,43,48)(H,44,49)/t32-,33-/m0/s1. The highest BCUT2D eigenvalue weighted by Gasteiger charge is 2.18. The van der Waals surface area contributed by atoms with Gasteiger partial charge < -0.3 is 36.5 Å². The van der Waals surface area contributed by atoms with E-state index in [1.807, 2.05) is 91.0 Å². The second-order valence-corrected chi connectivity index (χ2v) is 12.0. The van der Waals surface area contributed by atoms with E-state index in [1.165, 1.54) is 0 Å². The maximum atomic E-state index is 12.7. The number of ether oxygens (including phenoxy) is 2. The number of hydroxylamine groups is 1. The van der Waals surface area contributed by atoms with Gasteiger partial charge in [-0.05, 0) is 48.8 Å². The number of amides is 5. The van der Waals surface area contributed by atoms with E-state index in [2.05, 4.69) is 26.7 Å². The molecule has 5 amide bonds. The smallest absolute Gasteiger partial charge is 0.431 e. The predicted molar refractivity (Wildman–Crippen MR) is 194 cm³/mol. The average molecular weight is 719 g/mol. The molecule has 0 aliphatic rings. The molecule has 0 bridgehead atoms. The summed E-state index contributed by atoms with van der Waals surface area (Å²) in [6.45, 7) is 1.09. The van der Waals surface area contributed by atoms with Crippen LogP contribution in [0.3, 0.4) is 0 Å². The van der Waals surface area contributed by atoms with Crippen LogP contribution in [0.4, 0.5) is 9.59 Å². The molecule has 0 aromatic heterocycles. The summed E-state index contributed by atoms with van der Waals surface area (Å²) in [6, 6.07) is 26.8. The molecule has 0 aliphatic carbocycles. The predicted octanol–water partition coefficient (Wildman–Crippen LogP) is 3.40. The highest BCUT2D eigenvalue weighted by Crippen LogP contribution is 2.06. The second kappa shape index (κ2) is 24.6. The Morgan fingerprint density at radius 2 is 1.17 bits per heavy atom. The van der Waals surface area contributed by atoms with Crippen molar-refractivity contribution in [2.45, 2.75) is 70.2 Å². The van der Waals surface area contributed by atoms with E-state index < -0.39 is 24.3 Å². The molecule has 0 spiro atoms. The van der Waals surface area contributed by atoms with Crippen molar-refractivity contribution in [3.05, 3.63) is 108 Å². The second-order valence-electron chi connectivity index (χ2n) is 12.0. The number of hydrogen-bond acceptors (Lipinski definition) is 9. The molecule has 0 fully saturated rings. The normalized spacial score (nSPS) is 11.7. The molecular weight excluding hydrogens is 668 g/mol. The van der Waals surface area contributed by atoms with Crippen molar-refractivity contribution in [1.29, 1.82) is 0 Å². The molecule has 0 radical (unpaired) electrons. The van der Waals surface area contributed by atoms with Crippen LogP contribution in [0.1, 0.15) is 55.2 Å². The Morgan fingerprint density at radius 1 is 0.615 bits per heavy atom. The van der Waals surface area contributed by atoms with Crippen molar-refractivity contribution >= 4 is 29.9 Å². The van der Waals surface area contributed by atoms with Crippen molar-refractivity contribution in [2.75, 3.05) is 26.2 Å². The molecule has 14 heteroatoms. The van der Waals surface area contributed by atoms with Crippen LogP contribution >= 0.6 is 0 Å². The zero-order valence-corrected chi connectivity index (χ0v) is 29.4. The number of benzene rings is 3. The van der Waals surface area contributed by atoms with Crippen LogP contribution in [-0.2, 0) is 48.3 Å². The molecule has 280 valence electrons. The lowest BCUT2D eigenvalue weighted by molar-refractivity contribution is -0.123. The topological polar surface area (TPSA) is 199 Å². The molecule has 52 heavy (non-hydrogen) atoms. The minimum atomic E-state index is -0.792. The van der Waals surface area contributed by atoms with Gasteiger partial charge in [-0.1, -0.05) is 91.0 Å². The summed E-state index contributed by atoms with van der Waals surface area (Å²) in [5, 5.41) is 11.1. The van der Waals surface area contributed by atoms with Crippen LogP contribution in [-0.4, -0.2) is 68.2 Å². The highest BCUT2D eigenvalue weighted by molar-refractivity contribution is 5.81. The monoisotopic (exact) mass is 718 g/mol. The third kappa shape index (κ3) is 18.5. The molecular formula is C38H50N6O8. The molecule has 3 aromatic carbocycles. The molecule has 0 saturated heterocycles. The third-order valence-electron chi connectivity index (χ3n) is 7.71. The summed E-state index contributed by atoms with van der Waals surface area (Å²) < 4.78 is 10.4. The third-order valence-corrected chi connectivity index (χ3v) is 7.71. The van der Waals surface area contributed by atoms with E-state index in [-0.39, 0.29) is 63.6 Å². The van der Waals surface area contributed by atoms with E-state index in [1.54, 1.807) is 0 Å². The van der Waals surface area contributed by atoms with Crippen molar-refractivity contribution in [3.8, 4) is 0 Å². The SMILES string of the molecule is N[C@@H](CCCONC(=O)OCc1ccccc1)C(=O)NCCC[C@@H](CC(=O)NCCNC(=O)CCc1ccccc1)NC(=O)OCc1ccccc1. The molecule has 0 saturated carbocycles. The van der Waals surface area contributed by atoms with Crippen molar-refractivity contribution < 1.29 is 38.3 Å². The lowest BCUT2D eigenvalue weighted by Gasteiger charge is -2.19. The van der Waals surface area contributed by atoms with Crippen LogP contribution in [0.25, 0.3) is 0 Å². The van der Waals surface area contributed by atoms with Gasteiger partial charge in [0.1, 0.15) is 13.2 Å². The quantitative estimate of drug-likeness (QED) is 0.0629. The molecule has 0 aliphatic heterocycles. The number of carbonyl (C=O) groups is 5. The molecule has 14 nitrogen and oxygen atoms in total. The van der Waals surface area contributed by atoms with Crippen LogP contribution in [0.15, 0.2) is 91.0 Å². The van der Waals surface area contributed by atoms with Crippen LogP contribution in [0, 0.1) is 0 Å². The van der Waals surface area contributed by atoms with E-state index in [0.29, 0.717) is 38.5 Å². The first-order chi connectivity index (χ1) is 25.3. The first-order valence-electron chi connectivity index (χ1n) is 17.4. The minimum absolute atomic E-state index is 0.0241. The first kappa shape index (κ1) is 41.0. The van der Waals surface area contributed by atoms with E-state index in [0.717, 1.165) is 16.7 Å². The van der Waals surface area contributed by atoms with Crippen molar-refractivity contribution in [3.63, 3.8) is 0 Å². The molecule has 0 heterocycles. The highest BCUT2D eigenvalue weighted by atomic mass is 16.7. The number of nitrogens with two attached hydrogens (primary N) is 1. The number of alkyl carbamates (subject to hydrolysis) is 1. The summed E-state index contributed by atoms with van der Waals surface area (Å²) in [5.74, 6) is -0.771. The fraction of sp³-hybridized carbons (Fsp3) is 0.395. The summed E-state index contributed by atoms with van der Waals surface area (Å²) >= 11 is 0. The lowest BCUT2D eigenvalue weighted by atomic mass is 10.1. The van der Waals surface area contributed by atoms with Gasteiger partial charge in [0.15, 0.2) is 0 Å². The Bertz CT molecular complexity index is 1500. The summed E-state index contributed by atoms with van der Waals surface area (Å²) in [7, 11) is 0. The van der Waals surface area contributed by atoms with E-state index in [9.17, 15) is 24.0 Å².